The van der Waals surface area contributed by atoms with Gasteiger partial charge in [0.25, 0.3) is 0 Å². The molecule has 0 aliphatic carbocycles. The lowest BCUT2D eigenvalue weighted by Gasteiger charge is -2.09. The minimum absolute atomic E-state index is 0.407. The SMILES string of the molecule is CC(=O)C(C(=O)O)C(C)Cl. The van der Waals surface area contributed by atoms with Crippen molar-refractivity contribution < 1.29 is 14.7 Å². The molecule has 0 amide bonds. The summed E-state index contributed by atoms with van der Waals surface area (Å²) in [5, 5.41) is 7.77. The lowest BCUT2D eigenvalue weighted by molar-refractivity contribution is -0.145. The highest BCUT2D eigenvalue weighted by molar-refractivity contribution is 6.24. The minimum Gasteiger partial charge on any atom is -0.481 e. The molecule has 0 rings (SSSR count). The van der Waals surface area contributed by atoms with E-state index >= 15 is 0 Å². The van der Waals surface area contributed by atoms with Crippen LogP contribution in [0.3, 0.4) is 0 Å². The van der Waals surface area contributed by atoms with Crippen molar-refractivity contribution in [3.8, 4) is 0 Å². The number of Topliss-reactive ketones (excluding diaryl/α,β-unsaturated/α-hetero) is 1. The molecule has 58 valence electrons. The molecule has 2 unspecified atom stereocenters. The van der Waals surface area contributed by atoms with Crippen LogP contribution in [0.15, 0.2) is 0 Å². The van der Waals surface area contributed by atoms with E-state index in [1.54, 1.807) is 0 Å². The van der Waals surface area contributed by atoms with Crippen LogP contribution in [0.25, 0.3) is 0 Å². The Kier molecular flexibility index (Phi) is 3.36. The summed E-state index contributed by atoms with van der Waals surface area (Å²) in [6, 6.07) is 0. The third-order valence-electron chi connectivity index (χ3n) is 1.16. The molecular formula is C6H9ClO3. The predicted molar refractivity (Wildman–Crippen MR) is 37.1 cm³/mol. The summed E-state index contributed by atoms with van der Waals surface area (Å²) in [5.41, 5.74) is 0. The van der Waals surface area contributed by atoms with Gasteiger partial charge in [0, 0.05) is 0 Å². The number of carbonyl (C=O) groups excluding carboxylic acids is 1. The molecule has 0 saturated carbocycles. The first kappa shape index (κ1) is 9.43. The van der Waals surface area contributed by atoms with Crippen molar-refractivity contribution in [2.45, 2.75) is 19.2 Å². The average Bonchev–Trinajstić information content (AvgIpc) is 1.59. The number of carboxylic acid groups (broad SMARTS) is 1. The molecule has 0 spiro atoms. The Morgan fingerprint density at radius 3 is 1.90 bits per heavy atom. The molecule has 1 N–H and O–H groups in total. The summed E-state index contributed by atoms with van der Waals surface area (Å²) in [4.78, 5) is 20.8. The van der Waals surface area contributed by atoms with Gasteiger partial charge in [-0.25, -0.2) is 0 Å². The minimum atomic E-state index is -1.16. The van der Waals surface area contributed by atoms with Gasteiger partial charge in [-0.1, -0.05) is 0 Å². The fraction of sp³-hybridized carbons (Fsp3) is 0.667. The zero-order chi connectivity index (χ0) is 8.31. The van der Waals surface area contributed by atoms with Gasteiger partial charge in [-0.15, -0.1) is 11.6 Å². The smallest absolute Gasteiger partial charge is 0.315 e. The van der Waals surface area contributed by atoms with Crippen LogP contribution in [-0.4, -0.2) is 22.2 Å². The van der Waals surface area contributed by atoms with E-state index in [1.807, 2.05) is 0 Å². The Balaban J connectivity index is 4.27. The molecule has 0 aromatic carbocycles. The topological polar surface area (TPSA) is 54.4 Å². The number of carboxylic acids is 1. The molecule has 3 nitrogen and oxygen atoms in total. The van der Waals surface area contributed by atoms with Crippen LogP contribution < -0.4 is 0 Å². The fourth-order valence-corrected chi connectivity index (χ4v) is 0.979. The van der Waals surface area contributed by atoms with E-state index in [4.69, 9.17) is 16.7 Å². The first-order chi connectivity index (χ1) is 4.46. The Labute approximate surface area is 64.0 Å². The number of hydrogen-bond acceptors (Lipinski definition) is 2. The Bertz CT molecular complexity index is 139. The highest BCUT2D eigenvalue weighted by Gasteiger charge is 2.27. The first-order valence-corrected chi connectivity index (χ1v) is 3.27. The molecule has 10 heavy (non-hydrogen) atoms. The summed E-state index contributed by atoms with van der Waals surface area (Å²) in [6.45, 7) is 2.71. The van der Waals surface area contributed by atoms with Crippen LogP contribution in [0.1, 0.15) is 13.8 Å². The lowest BCUT2D eigenvalue weighted by atomic mass is 10.0. The van der Waals surface area contributed by atoms with Crippen molar-refractivity contribution in [2.75, 3.05) is 0 Å². The maximum Gasteiger partial charge on any atom is 0.315 e. The van der Waals surface area contributed by atoms with E-state index in [-0.39, 0.29) is 0 Å². The van der Waals surface area contributed by atoms with Crippen molar-refractivity contribution in [1.29, 1.82) is 0 Å². The van der Waals surface area contributed by atoms with Gasteiger partial charge < -0.3 is 5.11 Å². The van der Waals surface area contributed by atoms with E-state index in [0.29, 0.717) is 0 Å². The van der Waals surface area contributed by atoms with Crippen LogP contribution in [-0.2, 0) is 9.59 Å². The van der Waals surface area contributed by atoms with Gasteiger partial charge in [0.05, 0.1) is 5.38 Å². The summed E-state index contributed by atoms with van der Waals surface area (Å²) in [5.74, 6) is -2.63. The number of alkyl halides is 1. The zero-order valence-corrected chi connectivity index (χ0v) is 6.55. The predicted octanol–water partition coefficient (Wildman–Crippen LogP) is 0.903. The van der Waals surface area contributed by atoms with Gasteiger partial charge in [-0.3, -0.25) is 9.59 Å². The van der Waals surface area contributed by atoms with E-state index in [0.717, 1.165) is 0 Å². The van der Waals surface area contributed by atoms with Crippen molar-refractivity contribution in [3.05, 3.63) is 0 Å². The number of rotatable bonds is 3. The summed E-state index contributed by atoms with van der Waals surface area (Å²) in [7, 11) is 0. The largest absolute Gasteiger partial charge is 0.481 e. The molecule has 0 aromatic heterocycles. The molecule has 0 aromatic rings. The van der Waals surface area contributed by atoms with E-state index in [9.17, 15) is 9.59 Å². The zero-order valence-electron chi connectivity index (χ0n) is 5.80. The van der Waals surface area contributed by atoms with E-state index < -0.39 is 23.0 Å². The maximum absolute atomic E-state index is 10.6. The van der Waals surface area contributed by atoms with E-state index in [2.05, 4.69) is 0 Å². The summed E-state index contributed by atoms with van der Waals surface area (Å²) >= 11 is 5.43. The van der Waals surface area contributed by atoms with Crippen LogP contribution in [0.4, 0.5) is 0 Å². The molecular weight excluding hydrogens is 156 g/mol. The highest BCUT2D eigenvalue weighted by Crippen LogP contribution is 2.11. The Morgan fingerprint density at radius 2 is 1.90 bits per heavy atom. The fourth-order valence-electron chi connectivity index (χ4n) is 0.694. The molecule has 0 fully saturated rings. The second kappa shape index (κ2) is 3.56. The Morgan fingerprint density at radius 1 is 1.50 bits per heavy atom. The van der Waals surface area contributed by atoms with Gasteiger partial charge in [-0.2, -0.15) is 0 Å². The normalized spacial score (nSPS) is 15.9. The monoisotopic (exact) mass is 164 g/mol. The molecule has 4 heteroatoms. The van der Waals surface area contributed by atoms with Crippen LogP contribution in [0, 0.1) is 5.92 Å². The standard InChI is InChI=1S/C6H9ClO3/c1-3(7)5(4(2)8)6(9)10/h3,5H,1-2H3,(H,9,10). The van der Waals surface area contributed by atoms with Crippen LogP contribution >= 0.6 is 11.6 Å². The van der Waals surface area contributed by atoms with Crippen molar-refractivity contribution in [2.24, 2.45) is 5.92 Å². The molecule has 2 atom stereocenters. The van der Waals surface area contributed by atoms with E-state index in [1.165, 1.54) is 13.8 Å². The molecule has 0 saturated heterocycles. The summed E-state index contributed by atoms with van der Waals surface area (Å²) < 4.78 is 0. The van der Waals surface area contributed by atoms with Crippen molar-refractivity contribution in [3.63, 3.8) is 0 Å². The number of halogens is 1. The van der Waals surface area contributed by atoms with Gasteiger partial charge in [0.1, 0.15) is 11.7 Å². The molecule has 0 radical (unpaired) electrons. The van der Waals surface area contributed by atoms with Gasteiger partial charge >= 0.3 is 5.97 Å². The lowest BCUT2D eigenvalue weighted by Crippen LogP contribution is -2.28. The number of ketones is 1. The maximum atomic E-state index is 10.6. The Hall–Kier alpha value is -0.570. The third kappa shape index (κ3) is 2.35. The molecule has 0 heterocycles. The number of carbonyl (C=O) groups is 2. The number of hydrogen-bond donors (Lipinski definition) is 1. The van der Waals surface area contributed by atoms with Gasteiger partial charge in [-0.05, 0) is 13.8 Å². The number of aliphatic carboxylic acids is 1. The van der Waals surface area contributed by atoms with Crippen LogP contribution in [0.2, 0.25) is 0 Å². The van der Waals surface area contributed by atoms with Crippen molar-refractivity contribution >= 4 is 23.4 Å². The molecule has 0 aliphatic heterocycles. The van der Waals surface area contributed by atoms with Crippen LogP contribution in [0.5, 0.6) is 0 Å². The second-order valence-corrected chi connectivity index (χ2v) is 2.79. The van der Waals surface area contributed by atoms with Gasteiger partial charge in [0.2, 0.25) is 0 Å². The first-order valence-electron chi connectivity index (χ1n) is 2.84. The quantitative estimate of drug-likeness (QED) is 0.498. The molecule has 0 bridgehead atoms. The van der Waals surface area contributed by atoms with Gasteiger partial charge in [0.15, 0.2) is 0 Å². The average molecular weight is 165 g/mol. The third-order valence-corrected chi connectivity index (χ3v) is 1.42. The highest BCUT2D eigenvalue weighted by atomic mass is 35.5. The summed E-state index contributed by atoms with van der Waals surface area (Å²) in [6.07, 6.45) is 0. The second-order valence-electron chi connectivity index (χ2n) is 2.10. The molecule has 0 aliphatic rings. The van der Waals surface area contributed by atoms with Crippen molar-refractivity contribution in [1.82, 2.24) is 0 Å².